The van der Waals surface area contributed by atoms with Gasteiger partial charge in [-0.2, -0.15) is 0 Å². The molecule has 1 fully saturated rings. The van der Waals surface area contributed by atoms with E-state index >= 15 is 0 Å². The van der Waals surface area contributed by atoms with Crippen molar-refractivity contribution in [3.8, 4) is 0 Å². The van der Waals surface area contributed by atoms with Crippen molar-refractivity contribution >= 4 is 33.2 Å². The molecule has 25 heavy (non-hydrogen) atoms. The van der Waals surface area contributed by atoms with E-state index in [1.54, 1.807) is 29.2 Å². The second kappa shape index (κ2) is 8.38. The number of halogens is 1. The number of nitrogens with zero attached hydrogens (tertiary/aromatic N) is 3. The molecule has 1 atom stereocenters. The van der Waals surface area contributed by atoms with E-state index in [0.717, 1.165) is 25.9 Å². The Labute approximate surface area is 155 Å². The van der Waals surface area contributed by atoms with Gasteiger partial charge in [-0.15, -0.1) is 0 Å². The van der Waals surface area contributed by atoms with Gasteiger partial charge in [-0.05, 0) is 37.2 Å². The lowest BCUT2D eigenvalue weighted by molar-refractivity contribution is -0.134. The van der Waals surface area contributed by atoms with Crippen molar-refractivity contribution in [3.63, 3.8) is 0 Å². The standard InChI is InChI=1S/C17H26ClN3O3S/c1-4-16(17(22)20-12-10-19(5-2)11-13-20)21(25(3,23)24)15-8-6-14(18)7-9-15/h6-9,16H,4-5,10-13H2,1-3H3/t16-/m0/s1. The van der Waals surface area contributed by atoms with Gasteiger partial charge in [-0.25, -0.2) is 8.42 Å². The van der Waals surface area contributed by atoms with Crippen LogP contribution in [0.2, 0.25) is 5.02 Å². The topological polar surface area (TPSA) is 60.9 Å². The Bertz CT molecular complexity index is 686. The number of sulfonamides is 1. The fourth-order valence-electron chi connectivity index (χ4n) is 3.13. The third-order valence-corrected chi connectivity index (χ3v) is 5.96. The summed E-state index contributed by atoms with van der Waals surface area (Å²) in [6.07, 6.45) is 1.54. The van der Waals surface area contributed by atoms with Gasteiger partial charge >= 0.3 is 0 Å². The predicted molar refractivity (Wildman–Crippen MR) is 102 cm³/mol. The molecule has 1 aliphatic rings. The zero-order valence-corrected chi connectivity index (χ0v) is 16.6. The number of rotatable bonds is 6. The number of anilines is 1. The normalized spacial score (nSPS) is 17.4. The molecular formula is C17H26ClN3O3S. The summed E-state index contributed by atoms with van der Waals surface area (Å²) in [6.45, 7) is 7.77. The average Bonchev–Trinajstić information content (AvgIpc) is 2.59. The third kappa shape index (κ3) is 4.86. The molecule has 6 nitrogen and oxygen atoms in total. The Kier molecular flexibility index (Phi) is 6.71. The molecule has 1 amide bonds. The van der Waals surface area contributed by atoms with Crippen LogP contribution in [0.3, 0.4) is 0 Å². The van der Waals surface area contributed by atoms with Crippen molar-refractivity contribution in [2.24, 2.45) is 0 Å². The van der Waals surface area contributed by atoms with Crippen LogP contribution in [0.25, 0.3) is 0 Å². The molecular weight excluding hydrogens is 362 g/mol. The minimum Gasteiger partial charge on any atom is -0.338 e. The van der Waals surface area contributed by atoms with Crippen LogP contribution in [0.15, 0.2) is 24.3 Å². The van der Waals surface area contributed by atoms with Crippen LogP contribution in [0.5, 0.6) is 0 Å². The summed E-state index contributed by atoms with van der Waals surface area (Å²) in [4.78, 5) is 17.1. The van der Waals surface area contributed by atoms with Crippen molar-refractivity contribution in [2.75, 3.05) is 43.3 Å². The van der Waals surface area contributed by atoms with E-state index < -0.39 is 16.1 Å². The van der Waals surface area contributed by atoms with E-state index in [9.17, 15) is 13.2 Å². The highest BCUT2D eigenvalue weighted by Crippen LogP contribution is 2.25. The summed E-state index contributed by atoms with van der Waals surface area (Å²) in [5.74, 6) is -0.140. The number of hydrogen-bond acceptors (Lipinski definition) is 4. The number of carbonyl (C=O) groups excluding carboxylic acids is 1. The van der Waals surface area contributed by atoms with E-state index in [-0.39, 0.29) is 5.91 Å². The van der Waals surface area contributed by atoms with Gasteiger partial charge in [0.2, 0.25) is 15.9 Å². The van der Waals surface area contributed by atoms with Crippen molar-refractivity contribution in [1.29, 1.82) is 0 Å². The van der Waals surface area contributed by atoms with Crippen molar-refractivity contribution < 1.29 is 13.2 Å². The lowest BCUT2D eigenvalue weighted by Gasteiger charge is -2.38. The number of benzene rings is 1. The van der Waals surface area contributed by atoms with Crippen molar-refractivity contribution in [3.05, 3.63) is 29.3 Å². The first kappa shape index (κ1) is 20.0. The van der Waals surface area contributed by atoms with Gasteiger partial charge < -0.3 is 9.80 Å². The molecule has 1 heterocycles. The Hall–Kier alpha value is -1.31. The minimum absolute atomic E-state index is 0.140. The molecule has 0 unspecified atom stereocenters. The SMILES string of the molecule is CC[C@@H](C(=O)N1CCN(CC)CC1)N(c1ccc(Cl)cc1)S(C)(=O)=O. The summed E-state index contributed by atoms with van der Waals surface area (Å²) in [5, 5.41) is 0.521. The van der Waals surface area contributed by atoms with Crippen LogP contribution in [0.1, 0.15) is 20.3 Å². The number of likely N-dealkylation sites (N-methyl/N-ethyl adjacent to an activating group) is 1. The predicted octanol–water partition coefficient (Wildman–Crippen LogP) is 2.05. The quantitative estimate of drug-likeness (QED) is 0.749. The average molecular weight is 388 g/mol. The van der Waals surface area contributed by atoms with E-state index in [2.05, 4.69) is 11.8 Å². The molecule has 0 N–H and O–H groups in total. The van der Waals surface area contributed by atoms with Gasteiger partial charge in [0.05, 0.1) is 11.9 Å². The Morgan fingerprint density at radius 2 is 1.72 bits per heavy atom. The molecule has 2 rings (SSSR count). The molecule has 1 aliphatic heterocycles. The number of hydrogen-bond donors (Lipinski definition) is 0. The molecule has 0 aliphatic carbocycles. The Balaban J connectivity index is 2.27. The van der Waals surface area contributed by atoms with Gasteiger partial charge in [-0.1, -0.05) is 25.4 Å². The first-order chi connectivity index (χ1) is 11.8. The second-order valence-electron chi connectivity index (χ2n) is 6.22. The molecule has 1 aromatic rings. The molecule has 140 valence electrons. The van der Waals surface area contributed by atoms with E-state index in [1.807, 2.05) is 6.92 Å². The van der Waals surface area contributed by atoms with Gasteiger partial charge in [0.15, 0.2) is 0 Å². The zero-order chi connectivity index (χ0) is 18.6. The highest BCUT2D eigenvalue weighted by atomic mass is 35.5. The molecule has 0 radical (unpaired) electrons. The first-order valence-electron chi connectivity index (χ1n) is 8.54. The van der Waals surface area contributed by atoms with Crippen LogP contribution in [0, 0.1) is 0 Å². The van der Waals surface area contributed by atoms with Gasteiger partial charge in [-0.3, -0.25) is 9.10 Å². The number of carbonyl (C=O) groups is 1. The van der Waals surface area contributed by atoms with Crippen LogP contribution < -0.4 is 4.31 Å². The van der Waals surface area contributed by atoms with Crippen LogP contribution in [0.4, 0.5) is 5.69 Å². The van der Waals surface area contributed by atoms with Gasteiger partial charge in [0, 0.05) is 31.2 Å². The fourth-order valence-corrected chi connectivity index (χ4v) is 4.46. The summed E-state index contributed by atoms with van der Waals surface area (Å²) in [6, 6.07) is 5.78. The zero-order valence-electron chi connectivity index (χ0n) is 15.0. The van der Waals surface area contributed by atoms with E-state index in [1.165, 1.54) is 4.31 Å². The summed E-state index contributed by atoms with van der Waals surface area (Å²) < 4.78 is 26.1. The highest BCUT2D eigenvalue weighted by molar-refractivity contribution is 7.92. The first-order valence-corrected chi connectivity index (χ1v) is 10.8. The maximum atomic E-state index is 13.0. The van der Waals surface area contributed by atoms with E-state index in [0.29, 0.717) is 30.2 Å². The van der Waals surface area contributed by atoms with Crippen LogP contribution in [-0.4, -0.2) is 69.1 Å². The van der Waals surface area contributed by atoms with Crippen molar-refractivity contribution in [2.45, 2.75) is 26.3 Å². The Morgan fingerprint density at radius 3 is 2.16 bits per heavy atom. The fraction of sp³-hybridized carbons (Fsp3) is 0.588. The van der Waals surface area contributed by atoms with Crippen molar-refractivity contribution in [1.82, 2.24) is 9.80 Å². The third-order valence-electron chi connectivity index (χ3n) is 4.52. The molecule has 0 spiro atoms. The summed E-state index contributed by atoms with van der Waals surface area (Å²) >= 11 is 5.91. The molecule has 0 aromatic heterocycles. The maximum absolute atomic E-state index is 13.0. The number of piperazine rings is 1. The minimum atomic E-state index is -3.61. The molecule has 0 saturated carbocycles. The second-order valence-corrected chi connectivity index (χ2v) is 8.51. The molecule has 1 aromatic carbocycles. The number of amides is 1. The molecule has 0 bridgehead atoms. The van der Waals surface area contributed by atoms with Gasteiger partial charge in [0.1, 0.15) is 6.04 Å². The highest BCUT2D eigenvalue weighted by Gasteiger charge is 2.35. The Morgan fingerprint density at radius 1 is 1.16 bits per heavy atom. The summed E-state index contributed by atoms with van der Waals surface area (Å²) in [7, 11) is -3.61. The molecule has 1 saturated heterocycles. The lowest BCUT2D eigenvalue weighted by atomic mass is 10.1. The van der Waals surface area contributed by atoms with E-state index in [4.69, 9.17) is 11.6 Å². The van der Waals surface area contributed by atoms with Crippen LogP contribution in [-0.2, 0) is 14.8 Å². The van der Waals surface area contributed by atoms with Gasteiger partial charge in [0.25, 0.3) is 0 Å². The molecule has 8 heteroatoms. The lowest BCUT2D eigenvalue weighted by Crippen LogP contribution is -2.55. The largest absolute Gasteiger partial charge is 0.338 e. The monoisotopic (exact) mass is 387 g/mol. The smallest absolute Gasteiger partial charge is 0.246 e. The van der Waals surface area contributed by atoms with Crippen LogP contribution >= 0.6 is 11.6 Å². The summed E-state index contributed by atoms with van der Waals surface area (Å²) in [5.41, 5.74) is 0.458. The maximum Gasteiger partial charge on any atom is 0.246 e.